The summed E-state index contributed by atoms with van der Waals surface area (Å²) in [6.45, 7) is 9.94. The third-order valence-corrected chi connectivity index (χ3v) is 7.42. The minimum absolute atomic E-state index is 0.253. The molecule has 1 aliphatic rings. The van der Waals surface area contributed by atoms with Crippen molar-refractivity contribution in [1.29, 1.82) is 0 Å². The normalized spacial score (nSPS) is 18.6. The van der Waals surface area contributed by atoms with E-state index in [1.807, 2.05) is 24.5 Å². The van der Waals surface area contributed by atoms with Gasteiger partial charge in [0.15, 0.2) is 6.29 Å². The smallest absolute Gasteiger partial charge is 0.183 e. The maximum Gasteiger partial charge on any atom is 0.183 e. The molecule has 1 heterocycles. The average Bonchev–Trinajstić information content (AvgIpc) is 2.95. The highest BCUT2D eigenvalue weighted by Crippen LogP contribution is 2.30. The molecule has 0 aromatic heterocycles. The van der Waals surface area contributed by atoms with E-state index in [1.165, 1.54) is 68.9 Å². The Morgan fingerprint density at radius 1 is 0.865 bits per heavy atom. The number of hydrogen-bond donors (Lipinski definition) is 0. The number of benzene rings is 2. The van der Waals surface area contributed by atoms with E-state index < -0.39 is 0 Å². The third-order valence-electron chi connectivity index (χ3n) is 7.42. The van der Waals surface area contributed by atoms with Gasteiger partial charge in [-0.15, -0.1) is 6.58 Å². The van der Waals surface area contributed by atoms with E-state index in [4.69, 9.17) is 14.2 Å². The Morgan fingerprint density at radius 3 is 2.19 bits per heavy atom. The van der Waals surface area contributed by atoms with E-state index in [9.17, 15) is 0 Å². The molecule has 0 amide bonds. The van der Waals surface area contributed by atoms with Crippen molar-refractivity contribution in [1.82, 2.24) is 0 Å². The Kier molecular flexibility index (Phi) is 13.6. The van der Waals surface area contributed by atoms with Crippen molar-refractivity contribution in [3.05, 3.63) is 79.1 Å². The molecule has 1 aliphatic heterocycles. The van der Waals surface area contributed by atoms with Gasteiger partial charge in [-0.1, -0.05) is 94.8 Å². The molecule has 3 nitrogen and oxygen atoms in total. The Labute approximate surface area is 225 Å². The van der Waals surface area contributed by atoms with Crippen molar-refractivity contribution in [2.24, 2.45) is 11.8 Å². The standard InChI is InChI=1S/C34H48O3/c1-4-6-7-8-9-10-13-16-29-26-36-34(37-27-29)32-19-17-30(18-20-32)31-21-23-33(24-22-31)35-25-14-11-12-15-28(3)5-2/h4,14,17-25,28-29,34H,1,5-13,15-16,26-27H2,2-3H3/t28-,29?,34?/m0/s1. The summed E-state index contributed by atoms with van der Waals surface area (Å²) < 4.78 is 17.9. The lowest BCUT2D eigenvalue weighted by Crippen LogP contribution is -2.27. The van der Waals surface area contributed by atoms with Gasteiger partial charge in [0.25, 0.3) is 0 Å². The predicted molar refractivity (Wildman–Crippen MR) is 156 cm³/mol. The second kappa shape index (κ2) is 17.2. The molecular formula is C34H48O3. The first-order valence-corrected chi connectivity index (χ1v) is 14.6. The van der Waals surface area contributed by atoms with Crippen LogP contribution in [0.5, 0.6) is 5.75 Å². The van der Waals surface area contributed by atoms with Gasteiger partial charge in [-0.2, -0.15) is 0 Å². The summed E-state index contributed by atoms with van der Waals surface area (Å²) in [5.41, 5.74) is 3.44. The molecule has 0 unspecified atom stereocenters. The van der Waals surface area contributed by atoms with E-state index in [0.717, 1.165) is 43.3 Å². The Balaban J connectivity index is 1.36. The van der Waals surface area contributed by atoms with Gasteiger partial charge in [-0.05, 0) is 67.4 Å². The lowest BCUT2D eigenvalue weighted by Gasteiger charge is -2.29. The van der Waals surface area contributed by atoms with Gasteiger partial charge in [0, 0.05) is 11.5 Å². The van der Waals surface area contributed by atoms with Crippen molar-refractivity contribution in [3.63, 3.8) is 0 Å². The summed E-state index contributed by atoms with van der Waals surface area (Å²) in [5, 5.41) is 0. The molecule has 2 aromatic carbocycles. The van der Waals surface area contributed by atoms with Crippen LogP contribution in [0.1, 0.15) is 96.3 Å². The first-order chi connectivity index (χ1) is 18.2. The molecule has 3 heteroatoms. The molecule has 1 fully saturated rings. The molecule has 0 N–H and O–H groups in total. The molecule has 37 heavy (non-hydrogen) atoms. The zero-order chi connectivity index (χ0) is 26.1. The average molecular weight is 505 g/mol. The zero-order valence-corrected chi connectivity index (χ0v) is 23.2. The van der Waals surface area contributed by atoms with E-state index in [1.54, 1.807) is 0 Å². The highest BCUT2D eigenvalue weighted by atomic mass is 16.7. The summed E-state index contributed by atoms with van der Waals surface area (Å²) in [4.78, 5) is 0. The molecule has 3 rings (SSSR count). The van der Waals surface area contributed by atoms with Crippen LogP contribution >= 0.6 is 0 Å². The second-order valence-electron chi connectivity index (χ2n) is 10.6. The number of hydrogen-bond acceptors (Lipinski definition) is 3. The summed E-state index contributed by atoms with van der Waals surface area (Å²) >= 11 is 0. The highest BCUT2D eigenvalue weighted by Gasteiger charge is 2.23. The highest BCUT2D eigenvalue weighted by molar-refractivity contribution is 5.64. The maximum atomic E-state index is 6.07. The molecular weight excluding hydrogens is 456 g/mol. The number of allylic oxidation sites excluding steroid dienone is 2. The van der Waals surface area contributed by atoms with Crippen LogP contribution in [0.3, 0.4) is 0 Å². The first-order valence-electron chi connectivity index (χ1n) is 14.6. The van der Waals surface area contributed by atoms with Gasteiger partial charge in [0.05, 0.1) is 19.5 Å². The SMILES string of the molecule is C=CCCCCCCCC1COC(c2ccc(-c3ccc(OC=CCCC[C@@H](C)CC)cc3)cc2)OC1. The summed E-state index contributed by atoms with van der Waals surface area (Å²) in [6.07, 6.45) is 19.4. The quantitative estimate of drug-likeness (QED) is 0.122. The summed E-state index contributed by atoms with van der Waals surface area (Å²) in [7, 11) is 0. The lowest BCUT2D eigenvalue weighted by molar-refractivity contribution is -0.206. The number of ether oxygens (including phenoxy) is 3. The van der Waals surface area contributed by atoms with Crippen LogP contribution in [0.4, 0.5) is 0 Å². The van der Waals surface area contributed by atoms with Crippen LogP contribution in [-0.2, 0) is 9.47 Å². The molecule has 1 atom stereocenters. The van der Waals surface area contributed by atoms with E-state index in [0.29, 0.717) is 5.92 Å². The molecule has 0 bridgehead atoms. The lowest BCUT2D eigenvalue weighted by atomic mass is 10.0. The fourth-order valence-corrected chi connectivity index (χ4v) is 4.70. The largest absolute Gasteiger partial charge is 0.465 e. The van der Waals surface area contributed by atoms with Gasteiger partial charge in [0.1, 0.15) is 5.75 Å². The minimum atomic E-state index is -0.253. The fourth-order valence-electron chi connectivity index (χ4n) is 4.70. The van der Waals surface area contributed by atoms with E-state index in [2.05, 4.69) is 62.9 Å². The minimum Gasteiger partial charge on any atom is -0.465 e. The predicted octanol–water partition coefficient (Wildman–Crippen LogP) is 10.0. The number of rotatable bonds is 17. The van der Waals surface area contributed by atoms with E-state index in [-0.39, 0.29) is 6.29 Å². The molecule has 0 aliphatic carbocycles. The van der Waals surface area contributed by atoms with Crippen LogP contribution in [0.2, 0.25) is 0 Å². The molecule has 1 saturated heterocycles. The molecule has 2 aromatic rings. The number of unbranched alkanes of at least 4 members (excludes halogenated alkanes) is 6. The maximum absolute atomic E-state index is 6.07. The Bertz CT molecular complexity index is 892. The van der Waals surface area contributed by atoms with Crippen LogP contribution < -0.4 is 4.74 Å². The topological polar surface area (TPSA) is 27.7 Å². The monoisotopic (exact) mass is 504 g/mol. The van der Waals surface area contributed by atoms with Crippen LogP contribution in [-0.4, -0.2) is 13.2 Å². The van der Waals surface area contributed by atoms with E-state index >= 15 is 0 Å². The van der Waals surface area contributed by atoms with Crippen molar-refractivity contribution in [3.8, 4) is 16.9 Å². The van der Waals surface area contributed by atoms with Crippen molar-refractivity contribution >= 4 is 0 Å². The van der Waals surface area contributed by atoms with Crippen LogP contribution in [0, 0.1) is 11.8 Å². The Hall–Kier alpha value is -2.36. The van der Waals surface area contributed by atoms with Crippen molar-refractivity contribution in [2.45, 2.75) is 90.8 Å². The molecule has 0 saturated carbocycles. The Morgan fingerprint density at radius 2 is 1.51 bits per heavy atom. The fraction of sp³-hybridized carbons (Fsp3) is 0.529. The van der Waals surface area contributed by atoms with Crippen molar-refractivity contribution in [2.75, 3.05) is 13.2 Å². The van der Waals surface area contributed by atoms with Gasteiger partial charge in [0.2, 0.25) is 0 Å². The molecule has 0 spiro atoms. The van der Waals surface area contributed by atoms with Crippen LogP contribution in [0.15, 0.2) is 73.5 Å². The van der Waals surface area contributed by atoms with Crippen LogP contribution in [0.25, 0.3) is 11.1 Å². The third kappa shape index (κ3) is 10.9. The molecule has 0 radical (unpaired) electrons. The summed E-state index contributed by atoms with van der Waals surface area (Å²) in [5.74, 6) is 2.20. The van der Waals surface area contributed by atoms with Gasteiger partial charge in [-0.25, -0.2) is 0 Å². The van der Waals surface area contributed by atoms with Gasteiger partial charge in [-0.3, -0.25) is 0 Å². The zero-order valence-electron chi connectivity index (χ0n) is 23.2. The summed E-state index contributed by atoms with van der Waals surface area (Å²) in [6, 6.07) is 16.8. The van der Waals surface area contributed by atoms with Gasteiger partial charge < -0.3 is 14.2 Å². The second-order valence-corrected chi connectivity index (χ2v) is 10.6. The van der Waals surface area contributed by atoms with Crippen molar-refractivity contribution < 1.29 is 14.2 Å². The van der Waals surface area contributed by atoms with Gasteiger partial charge >= 0.3 is 0 Å². The first kappa shape index (κ1) is 29.2. The molecule has 202 valence electrons.